The first kappa shape index (κ1) is 22.3. The van der Waals surface area contributed by atoms with E-state index in [1.807, 2.05) is 49.4 Å². The van der Waals surface area contributed by atoms with E-state index in [0.717, 1.165) is 21.0 Å². The Morgan fingerprint density at radius 1 is 1.17 bits per heavy atom. The van der Waals surface area contributed by atoms with Gasteiger partial charge in [0.1, 0.15) is 5.25 Å². The van der Waals surface area contributed by atoms with Crippen molar-refractivity contribution in [1.82, 2.24) is 4.98 Å². The van der Waals surface area contributed by atoms with Gasteiger partial charge < -0.3 is 10.4 Å². The highest BCUT2D eigenvalue weighted by molar-refractivity contribution is 8.02. The van der Waals surface area contributed by atoms with Gasteiger partial charge in [-0.25, -0.2) is 4.98 Å². The number of hydrogen-bond acceptors (Lipinski definition) is 5. The highest BCUT2D eigenvalue weighted by atomic mass is 32.2. The maximum atomic E-state index is 12.6. The van der Waals surface area contributed by atoms with Gasteiger partial charge in [0.05, 0.1) is 10.2 Å². The van der Waals surface area contributed by atoms with Crippen LogP contribution in [-0.4, -0.2) is 27.2 Å². The standard InChI is InChI=1S/C23H26N2O3S2/c1-5-6-18(21(27)28)29-22-25-17-12-11-16(13-19(17)30-22)24-20(26)14-7-9-15(10-8-14)23(2,3)4/h7-13,18H,5-6H2,1-4H3,(H,24,26)(H,27,28)/t18-/m1/s1. The second-order valence-corrected chi connectivity index (χ2v) is 10.7. The molecule has 0 bridgehead atoms. The Morgan fingerprint density at radius 2 is 1.87 bits per heavy atom. The first-order valence-electron chi connectivity index (χ1n) is 9.89. The van der Waals surface area contributed by atoms with Crippen LogP contribution >= 0.6 is 23.1 Å². The number of thioether (sulfide) groups is 1. The third kappa shape index (κ3) is 5.40. The van der Waals surface area contributed by atoms with Crippen LogP contribution in [0.1, 0.15) is 56.5 Å². The van der Waals surface area contributed by atoms with Gasteiger partial charge in [-0.1, -0.05) is 58.0 Å². The van der Waals surface area contributed by atoms with E-state index in [0.29, 0.717) is 17.7 Å². The zero-order chi connectivity index (χ0) is 21.9. The predicted octanol–water partition coefficient (Wildman–Crippen LogP) is 6.19. The summed E-state index contributed by atoms with van der Waals surface area (Å²) >= 11 is 2.74. The van der Waals surface area contributed by atoms with Crippen LogP contribution in [0.2, 0.25) is 0 Å². The van der Waals surface area contributed by atoms with Crippen molar-refractivity contribution < 1.29 is 14.7 Å². The van der Waals surface area contributed by atoms with Crippen LogP contribution in [-0.2, 0) is 10.2 Å². The molecule has 5 nitrogen and oxygen atoms in total. The van der Waals surface area contributed by atoms with Crippen LogP contribution in [0.4, 0.5) is 5.69 Å². The molecule has 3 aromatic rings. The fourth-order valence-corrected chi connectivity index (χ4v) is 5.37. The van der Waals surface area contributed by atoms with E-state index >= 15 is 0 Å². The molecule has 158 valence electrons. The number of nitrogens with zero attached hydrogens (tertiary/aromatic N) is 1. The number of nitrogens with one attached hydrogen (secondary N) is 1. The minimum absolute atomic E-state index is 0.0404. The van der Waals surface area contributed by atoms with Crippen LogP contribution in [0.3, 0.4) is 0 Å². The lowest BCUT2D eigenvalue weighted by atomic mass is 9.87. The summed E-state index contributed by atoms with van der Waals surface area (Å²) in [6, 6.07) is 13.2. The SMILES string of the molecule is CCC[C@@H](Sc1nc2ccc(NC(=O)c3ccc(C(C)(C)C)cc3)cc2s1)C(=O)O. The number of aliphatic carboxylic acids is 1. The Balaban J connectivity index is 1.74. The van der Waals surface area contributed by atoms with E-state index in [9.17, 15) is 14.7 Å². The summed E-state index contributed by atoms with van der Waals surface area (Å²) in [5.41, 5.74) is 3.32. The van der Waals surface area contributed by atoms with Crippen LogP contribution in [0.25, 0.3) is 10.2 Å². The summed E-state index contributed by atoms with van der Waals surface area (Å²) in [4.78, 5) is 28.6. The summed E-state index contributed by atoms with van der Waals surface area (Å²) in [6.07, 6.45) is 1.41. The van der Waals surface area contributed by atoms with Crippen LogP contribution in [0.15, 0.2) is 46.8 Å². The van der Waals surface area contributed by atoms with Crippen molar-refractivity contribution in [3.63, 3.8) is 0 Å². The van der Waals surface area contributed by atoms with Gasteiger partial charge in [-0.2, -0.15) is 0 Å². The predicted molar refractivity (Wildman–Crippen MR) is 125 cm³/mol. The fourth-order valence-electron chi connectivity index (χ4n) is 2.97. The highest BCUT2D eigenvalue weighted by Gasteiger charge is 2.20. The summed E-state index contributed by atoms with van der Waals surface area (Å²) in [6.45, 7) is 8.39. The van der Waals surface area contributed by atoms with Gasteiger partial charge in [0, 0.05) is 11.3 Å². The van der Waals surface area contributed by atoms with E-state index < -0.39 is 11.2 Å². The van der Waals surface area contributed by atoms with Crippen LogP contribution in [0.5, 0.6) is 0 Å². The molecule has 2 N–H and O–H groups in total. The Hall–Kier alpha value is -2.38. The smallest absolute Gasteiger partial charge is 0.317 e. The van der Waals surface area contributed by atoms with Gasteiger partial charge in [-0.15, -0.1) is 11.3 Å². The third-order valence-corrected chi connectivity index (χ3v) is 7.08. The number of carbonyl (C=O) groups is 2. The van der Waals surface area contributed by atoms with Crippen molar-refractivity contribution in [2.75, 3.05) is 5.32 Å². The number of amides is 1. The molecule has 0 aliphatic rings. The minimum Gasteiger partial charge on any atom is -0.480 e. The van der Waals surface area contributed by atoms with Gasteiger partial charge in [-0.05, 0) is 47.7 Å². The first-order chi connectivity index (χ1) is 14.2. The van der Waals surface area contributed by atoms with Gasteiger partial charge in [0.15, 0.2) is 4.34 Å². The number of rotatable bonds is 7. The lowest BCUT2D eigenvalue weighted by Gasteiger charge is -2.19. The van der Waals surface area contributed by atoms with E-state index in [4.69, 9.17) is 0 Å². The molecule has 30 heavy (non-hydrogen) atoms. The van der Waals surface area contributed by atoms with Gasteiger partial charge in [0.2, 0.25) is 0 Å². The lowest BCUT2D eigenvalue weighted by molar-refractivity contribution is -0.136. The van der Waals surface area contributed by atoms with Crippen molar-refractivity contribution in [2.24, 2.45) is 0 Å². The molecule has 0 aliphatic carbocycles. The molecule has 0 spiro atoms. The molecule has 0 fully saturated rings. The summed E-state index contributed by atoms with van der Waals surface area (Å²) in [5, 5.41) is 11.8. The fraction of sp³-hybridized carbons (Fsp3) is 0.348. The molecule has 1 aromatic heterocycles. The number of carbonyl (C=O) groups excluding carboxylic acids is 1. The number of carboxylic acid groups (broad SMARTS) is 1. The number of aromatic nitrogens is 1. The maximum absolute atomic E-state index is 12.6. The molecule has 3 rings (SSSR count). The molecule has 1 atom stereocenters. The van der Waals surface area contributed by atoms with E-state index in [2.05, 4.69) is 31.1 Å². The molecule has 1 heterocycles. The summed E-state index contributed by atoms with van der Waals surface area (Å²) in [5.74, 6) is -0.977. The van der Waals surface area contributed by atoms with Gasteiger partial charge in [-0.3, -0.25) is 9.59 Å². The molecule has 0 saturated carbocycles. The summed E-state index contributed by atoms with van der Waals surface area (Å²) in [7, 11) is 0. The molecule has 0 radical (unpaired) electrons. The monoisotopic (exact) mass is 442 g/mol. The van der Waals surface area contributed by atoms with E-state index in [1.165, 1.54) is 28.7 Å². The summed E-state index contributed by atoms with van der Waals surface area (Å²) < 4.78 is 1.64. The highest BCUT2D eigenvalue weighted by Crippen LogP contribution is 2.35. The Morgan fingerprint density at radius 3 is 2.47 bits per heavy atom. The molecule has 1 amide bonds. The number of benzene rings is 2. The number of carboxylic acids is 1. The third-order valence-electron chi connectivity index (χ3n) is 4.71. The Kier molecular flexibility index (Phi) is 6.83. The quantitative estimate of drug-likeness (QED) is 0.426. The van der Waals surface area contributed by atoms with Gasteiger partial charge >= 0.3 is 5.97 Å². The number of fused-ring (bicyclic) bond motifs is 1. The van der Waals surface area contributed by atoms with Gasteiger partial charge in [0.25, 0.3) is 5.91 Å². The molecule has 0 unspecified atom stereocenters. The normalized spacial score (nSPS) is 12.7. The minimum atomic E-state index is -0.813. The zero-order valence-corrected chi connectivity index (χ0v) is 19.2. The number of thiazole rings is 1. The van der Waals surface area contributed by atoms with Crippen molar-refractivity contribution >= 4 is 50.9 Å². The van der Waals surface area contributed by atoms with Crippen molar-refractivity contribution in [1.29, 1.82) is 0 Å². The molecule has 7 heteroatoms. The maximum Gasteiger partial charge on any atom is 0.317 e. The molecular weight excluding hydrogens is 416 g/mol. The number of hydrogen-bond donors (Lipinski definition) is 2. The topological polar surface area (TPSA) is 79.3 Å². The first-order valence-corrected chi connectivity index (χ1v) is 11.6. The zero-order valence-electron chi connectivity index (χ0n) is 17.6. The number of anilines is 1. The largest absolute Gasteiger partial charge is 0.480 e. The Bertz CT molecular complexity index is 1050. The van der Waals surface area contributed by atoms with E-state index in [-0.39, 0.29) is 11.3 Å². The molecular formula is C23H26N2O3S2. The molecule has 2 aromatic carbocycles. The molecule has 0 aliphatic heterocycles. The van der Waals surface area contributed by atoms with Crippen molar-refractivity contribution in [2.45, 2.75) is 55.5 Å². The van der Waals surface area contributed by atoms with E-state index in [1.54, 1.807) is 0 Å². The van der Waals surface area contributed by atoms with Crippen molar-refractivity contribution in [3.8, 4) is 0 Å². The van der Waals surface area contributed by atoms with Crippen LogP contribution < -0.4 is 5.32 Å². The second-order valence-electron chi connectivity index (χ2n) is 8.18. The second kappa shape index (κ2) is 9.18. The Labute approximate surface area is 184 Å². The molecule has 0 saturated heterocycles. The average molecular weight is 443 g/mol. The average Bonchev–Trinajstić information content (AvgIpc) is 3.08. The van der Waals surface area contributed by atoms with Crippen molar-refractivity contribution in [3.05, 3.63) is 53.6 Å². The lowest BCUT2D eigenvalue weighted by Crippen LogP contribution is -2.15. The van der Waals surface area contributed by atoms with Crippen LogP contribution in [0, 0.1) is 0 Å².